The summed E-state index contributed by atoms with van der Waals surface area (Å²) in [5.41, 5.74) is 0.377. The molecule has 2 heteroatoms. The first kappa shape index (κ1) is 12.0. The molecule has 0 aliphatic carbocycles. The average molecular weight is 198 g/mol. The third kappa shape index (κ3) is 2.29. The standard InChI is InChI=1S/C12H26N2/c1-7-13(6)11-8-12(4,5)14(9-11)10(2)3/h10-11H,7-9H2,1-6H3/t11-/m1/s1. The van der Waals surface area contributed by atoms with Gasteiger partial charge < -0.3 is 4.90 Å². The summed E-state index contributed by atoms with van der Waals surface area (Å²) in [6, 6.07) is 1.41. The van der Waals surface area contributed by atoms with Crippen molar-refractivity contribution in [3.63, 3.8) is 0 Å². The minimum absolute atomic E-state index is 0.377. The van der Waals surface area contributed by atoms with Crippen LogP contribution >= 0.6 is 0 Å². The molecule has 1 aliphatic heterocycles. The van der Waals surface area contributed by atoms with E-state index in [4.69, 9.17) is 0 Å². The van der Waals surface area contributed by atoms with Gasteiger partial charge in [-0.25, -0.2) is 0 Å². The van der Waals surface area contributed by atoms with Gasteiger partial charge in [0, 0.05) is 24.2 Å². The summed E-state index contributed by atoms with van der Waals surface area (Å²) in [6.45, 7) is 14.0. The Morgan fingerprint density at radius 2 is 2.00 bits per heavy atom. The number of likely N-dealkylation sites (tertiary alicyclic amines) is 1. The molecule has 1 saturated heterocycles. The van der Waals surface area contributed by atoms with Crippen molar-refractivity contribution < 1.29 is 0 Å². The Morgan fingerprint density at radius 1 is 1.43 bits per heavy atom. The van der Waals surface area contributed by atoms with Gasteiger partial charge in [0.05, 0.1) is 0 Å². The van der Waals surface area contributed by atoms with Gasteiger partial charge in [0.15, 0.2) is 0 Å². The topological polar surface area (TPSA) is 6.48 Å². The smallest absolute Gasteiger partial charge is 0.0237 e. The van der Waals surface area contributed by atoms with Crippen molar-refractivity contribution in [3.8, 4) is 0 Å². The molecule has 1 fully saturated rings. The summed E-state index contributed by atoms with van der Waals surface area (Å²) < 4.78 is 0. The molecule has 0 aromatic carbocycles. The van der Waals surface area contributed by atoms with Crippen LogP contribution in [0.15, 0.2) is 0 Å². The van der Waals surface area contributed by atoms with Crippen LogP contribution in [0.2, 0.25) is 0 Å². The molecule has 0 radical (unpaired) electrons. The zero-order valence-corrected chi connectivity index (χ0v) is 10.7. The molecule has 1 rings (SSSR count). The van der Waals surface area contributed by atoms with Crippen LogP contribution in [-0.4, -0.2) is 47.6 Å². The second-order valence-electron chi connectivity index (χ2n) is 5.49. The van der Waals surface area contributed by atoms with Gasteiger partial charge in [-0.1, -0.05) is 6.92 Å². The lowest BCUT2D eigenvalue weighted by Crippen LogP contribution is -2.43. The Bertz CT molecular complexity index is 187. The van der Waals surface area contributed by atoms with Gasteiger partial charge in [-0.3, -0.25) is 4.90 Å². The van der Waals surface area contributed by atoms with E-state index >= 15 is 0 Å². The van der Waals surface area contributed by atoms with Gasteiger partial charge in [0.1, 0.15) is 0 Å². The first-order valence-corrected chi connectivity index (χ1v) is 5.85. The van der Waals surface area contributed by atoms with E-state index in [1.54, 1.807) is 0 Å². The molecule has 1 aliphatic rings. The second-order valence-corrected chi connectivity index (χ2v) is 5.49. The van der Waals surface area contributed by atoms with E-state index in [0.29, 0.717) is 11.6 Å². The molecule has 0 aromatic heterocycles. The Kier molecular flexibility index (Phi) is 3.59. The molecule has 14 heavy (non-hydrogen) atoms. The monoisotopic (exact) mass is 198 g/mol. The molecule has 0 N–H and O–H groups in total. The maximum atomic E-state index is 2.63. The Morgan fingerprint density at radius 3 is 2.36 bits per heavy atom. The highest BCUT2D eigenvalue weighted by Crippen LogP contribution is 2.32. The third-order valence-electron chi connectivity index (χ3n) is 3.67. The van der Waals surface area contributed by atoms with E-state index < -0.39 is 0 Å². The largest absolute Gasteiger partial charge is 0.302 e. The van der Waals surface area contributed by atoms with E-state index in [1.807, 2.05) is 0 Å². The van der Waals surface area contributed by atoms with Gasteiger partial charge in [0.25, 0.3) is 0 Å². The lowest BCUT2D eigenvalue weighted by atomic mass is 9.99. The van der Waals surface area contributed by atoms with Crippen LogP contribution in [0.25, 0.3) is 0 Å². The van der Waals surface area contributed by atoms with Crippen LogP contribution in [0.3, 0.4) is 0 Å². The molecule has 1 heterocycles. The van der Waals surface area contributed by atoms with Gasteiger partial charge in [0.2, 0.25) is 0 Å². The zero-order chi connectivity index (χ0) is 10.9. The van der Waals surface area contributed by atoms with E-state index in [2.05, 4.69) is 51.5 Å². The Hall–Kier alpha value is -0.0800. The van der Waals surface area contributed by atoms with Gasteiger partial charge in [-0.2, -0.15) is 0 Å². The van der Waals surface area contributed by atoms with E-state index in [-0.39, 0.29) is 0 Å². The minimum Gasteiger partial charge on any atom is -0.302 e. The number of rotatable bonds is 3. The van der Waals surface area contributed by atoms with Crippen LogP contribution in [0.1, 0.15) is 41.0 Å². The highest BCUT2D eigenvalue weighted by molar-refractivity contribution is 4.97. The Labute approximate surface area is 89.3 Å². The van der Waals surface area contributed by atoms with Crippen LogP contribution in [-0.2, 0) is 0 Å². The zero-order valence-electron chi connectivity index (χ0n) is 10.7. The Balaban J connectivity index is 2.66. The summed E-state index contributed by atoms with van der Waals surface area (Å²) in [7, 11) is 2.24. The normalized spacial score (nSPS) is 27.9. The number of hydrogen-bond acceptors (Lipinski definition) is 2. The van der Waals surface area contributed by atoms with Gasteiger partial charge in [-0.05, 0) is 47.7 Å². The summed E-state index contributed by atoms with van der Waals surface area (Å²) in [5, 5.41) is 0. The van der Waals surface area contributed by atoms with E-state index in [9.17, 15) is 0 Å². The van der Waals surface area contributed by atoms with Crippen molar-refractivity contribution in [1.29, 1.82) is 0 Å². The number of hydrogen-bond donors (Lipinski definition) is 0. The molecule has 0 unspecified atom stereocenters. The molecule has 0 saturated carbocycles. The summed E-state index contributed by atoms with van der Waals surface area (Å²) in [5.74, 6) is 0. The molecule has 0 aromatic rings. The quantitative estimate of drug-likeness (QED) is 0.686. The molecule has 1 atom stereocenters. The van der Waals surface area contributed by atoms with Crippen molar-refractivity contribution in [3.05, 3.63) is 0 Å². The van der Waals surface area contributed by atoms with Crippen molar-refractivity contribution in [1.82, 2.24) is 9.80 Å². The highest BCUT2D eigenvalue weighted by Gasteiger charge is 2.40. The van der Waals surface area contributed by atoms with E-state index in [0.717, 1.165) is 12.6 Å². The SMILES string of the molecule is CCN(C)[C@H]1CN(C(C)C)C(C)(C)C1. The highest BCUT2D eigenvalue weighted by atomic mass is 15.3. The molecule has 0 amide bonds. The van der Waals surface area contributed by atoms with Gasteiger partial charge in [-0.15, -0.1) is 0 Å². The fraction of sp³-hybridized carbons (Fsp3) is 1.00. The third-order valence-corrected chi connectivity index (χ3v) is 3.67. The molecular formula is C12H26N2. The fourth-order valence-corrected chi connectivity index (χ4v) is 2.70. The van der Waals surface area contributed by atoms with Crippen LogP contribution in [0.4, 0.5) is 0 Å². The number of nitrogens with zero attached hydrogens (tertiary/aromatic N) is 2. The van der Waals surface area contributed by atoms with E-state index in [1.165, 1.54) is 13.0 Å². The molecular weight excluding hydrogens is 172 g/mol. The number of likely N-dealkylation sites (N-methyl/N-ethyl adjacent to an activating group) is 1. The van der Waals surface area contributed by atoms with Gasteiger partial charge >= 0.3 is 0 Å². The minimum atomic E-state index is 0.377. The lowest BCUT2D eigenvalue weighted by Gasteiger charge is -2.34. The first-order valence-electron chi connectivity index (χ1n) is 5.85. The molecule has 0 spiro atoms. The predicted octanol–water partition coefficient (Wildman–Crippen LogP) is 2.20. The van der Waals surface area contributed by atoms with Crippen molar-refractivity contribution in [2.45, 2.75) is 58.7 Å². The summed E-state index contributed by atoms with van der Waals surface area (Å²) in [4.78, 5) is 5.11. The summed E-state index contributed by atoms with van der Waals surface area (Å²) in [6.07, 6.45) is 1.30. The van der Waals surface area contributed by atoms with Crippen LogP contribution < -0.4 is 0 Å². The molecule has 2 nitrogen and oxygen atoms in total. The van der Waals surface area contributed by atoms with Crippen LogP contribution in [0.5, 0.6) is 0 Å². The van der Waals surface area contributed by atoms with Crippen molar-refractivity contribution in [2.75, 3.05) is 20.1 Å². The van der Waals surface area contributed by atoms with Crippen molar-refractivity contribution >= 4 is 0 Å². The summed E-state index contributed by atoms with van der Waals surface area (Å²) >= 11 is 0. The lowest BCUT2D eigenvalue weighted by molar-refractivity contribution is 0.132. The maximum absolute atomic E-state index is 2.63. The van der Waals surface area contributed by atoms with Crippen molar-refractivity contribution in [2.24, 2.45) is 0 Å². The second kappa shape index (κ2) is 4.19. The van der Waals surface area contributed by atoms with Crippen LogP contribution in [0, 0.1) is 0 Å². The average Bonchev–Trinajstić information content (AvgIpc) is 2.40. The fourth-order valence-electron chi connectivity index (χ4n) is 2.70. The molecule has 0 bridgehead atoms. The molecule has 84 valence electrons. The maximum Gasteiger partial charge on any atom is 0.0237 e. The first-order chi connectivity index (χ1) is 6.38. The predicted molar refractivity (Wildman–Crippen MR) is 62.6 cm³/mol.